The van der Waals surface area contributed by atoms with Crippen molar-refractivity contribution in [1.29, 1.82) is 0 Å². The van der Waals surface area contributed by atoms with Gasteiger partial charge in [-0.3, -0.25) is 14.9 Å². The molecular weight excluding hydrogens is 526 g/mol. The number of nitrogens with zero attached hydrogens (tertiary/aromatic N) is 3. The maximum Gasteiger partial charge on any atom is 0.319 e. The molecule has 10 nitrogen and oxygen atoms in total. The molecule has 4 amide bonds. The van der Waals surface area contributed by atoms with E-state index in [1.165, 1.54) is 27.8 Å². The number of hydrogen-bond donors (Lipinski definition) is 2. The van der Waals surface area contributed by atoms with Crippen LogP contribution in [0.2, 0.25) is 0 Å². The van der Waals surface area contributed by atoms with E-state index in [2.05, 4.69) is 10.6 Å². The first kappa shape index (κ1) is 26.1. The standard InChI is InChI=1S/C26H29N5O5S2/c1-2-27-26(34)28-24-23(20-6-3-4-7-21(20)37-24)25(33)29-14-16-30(17-15-29)38(35,36)19-11-9-18(10-12-19)31-13-5-8-22(31)32/h3-4,6-7,9-12H,2,5,8,13-17H2,1H3,(H2,27,28,34). The third-order valence-electron chi connectivity index (χ3n) is 6.76. The summed E-state index contributed by atoms with van der Waals surface area (Å²) in [5.74, 6) is -0.199. The van der Waals surface area contributed by atoms with Crippen molar-refractivity contribution in [2.24, 2.45) is 0 Å². The molecule has 0 aliphatic carbocycles. The Balaban J connectivity index is 1.30. The number of urea groups is 1. The summed E-state index contributed by atoms with van der Waals surface area (Å²) in [7, 11) is -3.76. The minimum Gasteiger partial charge on any atom is -0.338 e. The Morgan fingerprint density at radius 1 is 0.974 bits per heavy atom. The van der Waals surface area contributed by atoms with Gasteiger partial charge in [0.25, 0.3) is 5.91 Å². The molecule has 5 rings (SSSR count). The van der Waals surface area contributed by atoms with E-state index in [0.717, 1.165) is 16.5 Å². The number of rotatable bonds is 6. The Labute approximate surface area is 225 Å². The number of piperazine rings is 1. The minimum absolute atomic E-state index is 0.0455. The second-order valence-electron chi connectivity index (χ2n) is 9.13. The van der Waals surface area contributed by atoms with Crippen LogP contribution in [0, 0.1) is 0 Å². The van der Waals surface area contributed by atoms with E-state index in [4.69, 9.17) is 0 Å². The molecule has 3 heterocycles. The Bertz CT molecular complexity index is 1480. The molecule has 0 spiro atoms. The van der Waals surface area contributed by atoms with Gasteiger partial charge in [-0.2, -0.15) is 4.31 Å². The van der Waals surface area contributed by atoms with Crippen molar-refractivity contribution >= 4 is 60.0 Å². The molecule has 38 heavy (non-hydrogen) atoms. The van der Waals surface area contributed by atoms with E-state index in [9.17, 15) is 22.8 Å². The zero-order valence-corrected chi connectivity index (χ0v) is 22.6. The zero-order valence-electron chi connectivity index (χ0n) is 21.0. The van der Waals surface area contributed by atoms with Crippen molar-refractivity contribution in [3.05, 3.63) is 54.1 Å². The van der Waals surface area contributed by atoms with Gasteiger partial charge in [-0.1, -0.05) is 18.2 Å². The average Bonchev–Trinajstić information content (AvgIpc) is 3.51. The number of sulfonamides is 1. The molecule has 0 saturated carbocycles. The predicted octanol–water partition coefficient (Wildman–Crippen LogP) is 3.32. The first-order valence-electron chi connectivity index (χ1n) is 12.6. The van der Waals surface area contributed by atoms with Crippen molar-refractivity contribution < 1.29 is 22.8 Å². The molecule has 200 valence electrons. The van der Waals surface area contributed by atoms with Gasteiger partial charge in [-0.25, -0.2) is 13.2 Å². The molecule has 2 aliphatic rings. The first-order valence-corrected chi connectivity index (χ1v) is 14.8. The van der Waals surface area contributed by atoms with Crippen LogP contribution in [0.4, 0.5) is 15.5 Å². The van der Waals surface area contributed by atoms with Gasteiger partial charge < -0.3 is 15.1 Å². The number of benzene rings is 2. The van der Waals surface area contributed by atoms with E-state index in [0.29, 0.717) is 35.8 Å². The summed E-state index contributed by atoms with van der Waals surface area (Å²) in [5.41, 5.74) is 1.11. The Hall–Kier alpha value is -3.48. The second-order valence-corrected chi connectivity index (χ2v) is 12.1. The number of thiophene rings is 1. The van der Waals surface area contributed by atoms with Crippen molar-refractivity contribution in [1.82, 2.24) is 14.5 Å². The van der Waals surface area contributed by atoms with E-state index in [1.54, 1.807) is 21.9 Å². The molecule has 12 heteroatoms. The monoisotopic (exact) mass is 555 g/mol. The van der Waals surface area contributed by atoms with Gasteiger partial charge in [0.1, 0.15) is 5.00 Å². The van der Waals surface area contributed by atoms with Crippen LogP contribution in [0.3, 0.4) is 0 Å². The summed E-state index contributed by atoms with van der Waals surface area (Å²) >= 11 is 1.33. The van der Waals surface area contributed by atoms with Crippen molar-refractivity contribution in [3.63, 3.8) is 0 Å². The maximum absolute atomic E-state index is 13.6. The summed E-state index contributed by atoms with van der Waals surface area (Å²) in [6.07, 6.45) is 1.31. The molecule has 3 aromatic rings. The zero-order chi connectivity index (χ0) is 26.9. The molecule has 0 radical (unpaired) electrons. The van der Waals surface area contributed by atoms with Crippen LogP contribution in [0.1, 0.15) is 30.1 Å². The quantitative estimate of drug-likeness (QED) is 0.484. The van der Waals surface area contributed by atoms with Gasteiger partial charge >= 0.3 is 6.03 Å². The molecule has 0 atom stereocenters. The summed E-state index contributed by atoms with van der Waals surface area (Å²) < 4.78 is 28.8. The lowest BCUT2D eigenvalue weighted by Gasteiger charge is -2.34. The highest BCUT2D eigenvalue weighted by Gasteiger charge is 2.33. The number of carbonyl (C=O) groups excluding carboxylic acids is 3. The van der Waals surface area contributed by atoms with Crippen LogP contribution in [0.25, 0.3) is 10.1 Å². The van der Waals surface area contributed by atoms with Crippen LogP contribution >= 0.6 is 11.3 Å². The fraction of sp³-hybridized carbons (Fsp3) is 0.346. The smallest absolute Gasteiger partial charge is 0.319 e. The van der Waals surface area contributed by atoms with Gasteiger partial charge in [-0.15, -0.1) is 11.3 Å². The summed E-state index contributed by atoms with van der Waals surface area (Å²) in [5, 5.41) is 6.69. The van der Waals surface area contributed by atoms with Crippen LogP contribution in [0.15, 0.2) is 53.4 Å². The SMILES string of the molecule is CCNC(=O)Nc1sc2ccccc2c1C(=O)N1CCN(S(=O)(=O)c2ccc(N3CCCC3=O)cc2)CC1. The van der Waals surface area contributed by atoms with E-state index >= 15 is 0 Å². The summed E-state index contributed by atoms with van der Waals surface area (Å²) in [6.45, 7) is 3.67. The molecular formula is C26H29N5O5S2. The van der Waals surface area contributed by atoms with Crippen molar-refractivity contribution in [2.75, 3.05) is 49.5 Å². The highest BCUT2D eigenvalue weighted by atomic mass is 32.2. The average molecular weight is 556 g/mol. The third kappa shape index (κ3) is 4.98. The van der Waals surface area contributed by atoms with Gasteiger partial charge in [0.05, 0.1) is 10.5 Å². The molecule has 0 bridgehead atoms. The molecule has 1 aromatic heterocycles. The number of nitrogens with one attached hydrogen (secondary N) is 2. The summed E-state index contributed by atoms with van der Waals surface area (Å²) in [6, 6.07) is 13.5. The largest absolute Gasteiger partial charge is 0.338 e. The molecule has 2 fully saturated rings. The first-order chi connectivity index (χ1) is 18.3. The molecule has 2 saturated heterocycles. The Morgan fingerprint density at radius 2 is 1.68 bits per heavy atom. The van der Waals surface area contributed by atoms with E-state index in [1.807, 2.05) is 31.2 Å². The predicted molar refractivity (Wildman–Crippen MR) is 147 cm³/mol. The second kappa shape index (κ2) is 10.7. The lowest BCUT2D eigenvalue weighted by molar-refractivity contribution is -0.117. The van der Waals surface area contributed by atoms with Crippen molar-refractivity contribution in [3.8, 4) is 0 Å². The fourth-order valence-electron chi connectivity index (χ4n) is 4.81. The van der Waals surface area contributed by atoms with E-state index in [-0.39, 0.29) is 48.9 Å². The van der Waals surface area contributed by atoms with Crippen LogP contribution in [-0.4, -0.2) is 74.7 Å². The number of hydrogen-bond acceptors (Lipinski definition) is 6. The molecule has 0 unspecified atom stereocenters. The normalized spacial score (nSPS) is 16.7. The molecule has 2 aromatic carbocycles. The van der Waals surface area contributed by atoms with Gasteiger partial charge in [0, 0.05) is 61.5 Å². The topological polar surface area (TPSA) is 119 Å². The lowest BCUT2D eigenvalue weighted by Crippen LogP contribution is -2.50. The van der Waals surface area contributed by atoms with Gasteiger partial charge in [-0.05, 0) is 43.7 Å². The Kier molecular flexibility index (Phi) is 7.37. The number of fused-ring (bicyclic) bond motifs is 1. The highest BCUT2D eigenvalue weighted by Crippen LogP contribution is 2.37. The maximum atomic E-state index is 13.6. The van der Waals surface area contributed by atoms with Gasteiger partial charge in [0.2, 0.25) is 15.9 Å². The van der Waals surface area contributed by atoms with Gasteiger partial charge in [0.15, 0.2) is 0 Å². The third-order valence-corrected chi connectivity index (χ3v) is 9.76. The fourth-order valence-corrected chi connectivity index (χ4v) is 7.32. The van der Waals surface area contributed by atoms with Crippen LogP contribution < -0.4 is 15.5 Å². The van der Waals surface area contributed by atoms with E-state index < -0.39 is 10.0 Å². The number of carbonyl (C=O) groups is 3. The molecule has 2 N–H and O–H groups in total. The number of amides is 4. The Morgan fingerprint density at radius 3 is 2.34 bits per heavy atom. The molecule has 2 aliphatic heterocycles. The minimum atomic E-state index is -3.76. The van der Waals surface area contributed by atoms with Crippen LogP contribution in [-0.2, 0) is 14.8 Å². The summed E-state index contributed by atoms with van der Waals surface area (Å²) in [4.78, 5) is 41.3. The highest BCUT2D eigenvalue weighted by molar-refractivity contribution is 7.89. The van der Waals surface area contributed by atoms with Crippen LogP contribution in [0.5, 0.6) is 0 Å². The van der Waals surface area contributed by atoms with Crippen molar-refractivity contribution in [2.45, 2.75) is 24.7 Å². The lowest BCUT2D eigenvalue weighted by atomic mass is 10.1. The number of anilines is 2.